The largest absolute Gasteiger partial charge is 0.463 e. The molecule has 1 N–H and O–H groups in total. The van der Waals surface area contributed by atoms with Gasteiger partial charge in [0.05, 0.1) is 23.7 Å². The van der Waals surface area contributed by atoms with Gasteiger partial charge in [-0.3, -0.25) is 4.98 Å². The van der Waals surface area contributed by atoms with E-state index in [0.717, 1.165) is 22.2 Å². The van der Waals surface area contributed by atoms with Crippen molar-refractivity contribution >= 4 is 32.8 Å². The van der Waals surface area contributed by atoms with Crippen LogP contribution in [-0.4, -0.2) is 9.97 Å². The van der Waals surface area contributed by atoms with Crippen LogP contribution in [0.25, 0.3) is 66.3 Å². The van der Waals surface area contributed by atoms with Gasteiger partial charge >= 0.3 is 0 Å². The highest BCUT2D eigenvalue weighted by molar-refractivity contribution is 6.12. The molecule has 3 heterocycles. The number of hydrogen-bond acceptors (Lipinski definition) is 2. The van der Waals surface area contributed by atoms with Crippen LogP contribution in [0, 0.1) is 0 Å². The van der Waals surface area contributed by atoms with Crippen LogP contribution in [0.2, 0.25) is 0 Å². The Kier molecular flexibility index (Phi) is 7.75. The minimum absolute atomic E-state index is 0.0162. The van der Waals surface area contributed by atoms with Crippen molar-refractivity contribution < 1.29 is 4.42 Å². The molecule has 50 heavy (non-hydrogen) atoms. The molecular formula is C47H52N2O. The fraction of sp³-hybridized carbons (Fsp3) is 0.340. The van der Waals surface area contributed by atoms with Crippen LogP contribution in [0.1, 0.15) is 105 Å². The van der Waals surface area contributed by atoms with Gasteiger partial charge in [-0.2, -0.15) is 0 Å². The molecule has 0 bridgehead atoms. The summed E-state index contributed by atoms with van der Waals surface area (Å²) in [6.45, 7) is 27.6. The van der Waals surface area contributed by atoms with Gasteiger partial charge in [-0.15, -0.1) is 0 Å². The SMILES string of the molecule is CC(C)(C)c1cc(-c2cc(-c3cc(C(C)(C)C)cc4c3[nH]c3ccc(C(C)(C)C)cc34)cc(C(C)(C)C)c2)cc(-c2cc3ccoc3cn2)c1. The maximum atomic E-state index is 5.61. The second-order valence-corrected chi connectivity index (χ2v) is 18.5. The molecular weight excluding hydrogens is 609 g/mol. The first-order chi connectivity index (χ1) is 23.3. The van der Waals surface area contributed by atoms with E-state index < -0.39 is 0 Å². The molecule has 0 spiro atoms. The predicted molar refractivity (Wildman–Crippen MR) is 214 cm³/mol. The summed E-state index contributed by atoms with van der Waals surface area (Å²) in [5.74, 6) is 0. The lowest BCUT2D eigenvalue weighted by Crippen LogP contribution is -2.13. The standard InChI is InChI=1S/C47H52N2O/c1-44(2,3)33-13-14-40-38(24-33)39-26-36(47(10,11)12)25-37(43(39)49-40)31-17-29(19-34(21-31)45(4,5)6)30-18-32(22-35(20-30)46(7,8)9)41-23-28-15-16-50-42(28)27-48-41/h13-27,49H,1-12H3. The number of aromatic nitrogens is 2. The fourth-order valence-electron chi connectivity index (χ4n) is 6.91. The zero-order valence-electron chi connectivity index (χ0n) is 32.0. The highest BCUT2D eigenvalue weighted by Crippen LogP contribution is 2.42. The molecule has 0 amide bonds. The van der Waals surface area contributed by atoms with E-state index in [9.17, 15) is 0 Å². The summed E-state index contributed by atoms with van der Waals surface area (Å²) in [7, 11) is 0. The van der Waals surface area contributed by atoms with Crippen molar-refractivity contribution in [2.45, 2.75) is 105 Å². The van der Waals surface area contributed by atoms with Crippen LogP contribution in [0.3, 0.4) is 0 Å². The summed E-state index contributed by atoms with van der Waals surface area (Å²) in [6, 6.07) is 30.1. The Morgan fingerprint density at radius 3 is 1.66 bits per heavy atom. The number of aromatic amines is 1. The molecule has 4 aromatic carbocycles. The van der Waals surface area contributed by atoms with E-state index in [0.29, 0.717) is 0 Å². The third kappa shape index (κ3) is 6.28. The van der Waals surface area contributed by atoms with Gasteiger partial charge in [0.15, 0.2) is 5.58 Å². The predicted octanol–water partition coefficient (Wildman–Crippen LogP) is 13.7. The van der Waals surface area contributed by atoms with Crippen LogP contribution < -0.4 is 0 Å². The van der Waals surface area contributed by atoms with Crippen molar-refractivity contribution in [3.63, 3.8) is 0 Å². The van der Waals surface area contributed by atoms with Crippen molar-refractivity contribution in [1.29, 1.82) is 0 Å². The first-order valence-electron chi connectivity index (χ1n) is 18.0. The minimum Gasteiger partial charge on any atom is -0.463 e. The van der Waals surface area contributed by atoms with Gasteiger partial charge in [-0.1, -0.05) is 107 Å². The van der Waals surface area contributed by atoms with Gasteiger partial charge in [0.25, 0.3) is 0 Å². The summed E-state index contributed by atoms with van der Waals surface area (Å²) in [4.78, 5) is 8.72. The Hall–Kier alpha value is -4.63. The Morgan fingerprint density at radius 1 is 0.500 bits per heavy atom. The quantitative estimate of drug-likeness (QED) is 0.205. The van der Waals surface area contributed by atoms with E-state index >= 15 is 0 Å². The zero-order valence-corrected chi connectivity index (χ0v) is 32.0. The number of pyridine rings is 1. The molecule has 0 aliphatic carbocycles. The lowest BCUT2D eigenvalue weighted by molar-refractivity contribution is 0.589. The molecule has 7 rings (SSSR count). The van der Waals surface area contributed by atoms with Crippen molar-refractivity contribution in [2.24, 2.45) is 0 Å². The van der Waals surface area contributed by atoms with Gasteiger partial charge in [0.1, 0.15) is 0 Å². The lowest BCUT2D eigenvalue weighted by atomic mass is 9.80. The van der Waals surface area contributed by atoms with Crippen LogP contribution in [-0.2, 0) is 21.7 Å². The second kappa shape index (κ2) is 11.5. The molecule has 0 saturated heterocycles. The van der Waals surface area contributed by atoms with Crippen molar-refractivity contribution in [1.82, 2.24) is 9.97 Å². The maximum Gasteiger partial charge on any atom is 0.152 e. The van der Waals surface area contributed by atoms with Crippen LogP contribution >= 0.6 is 0 Å². The number of benzene rings is 4. The first kappa shape index (κ1) is 33.8. The summed E-state index contributed by atoms with van der Waals surface area (Å²) in [6.07, 6.45) is 3.57. The van der Waals surface area contributed by atoms with Gasteiger partial charge in [0.2, 0.25) is 0 Å². The lowest BCUT2D eigenvalue weighted by Gasteiger charge is -2.25. The van der Waals surface area contributed by atoms with E-state index in [1.54, 1.807) is 6.26 Å². The number of nitrogens with one attached hydrogen (secondary N) is 1. The molecule has 0 aliphatic heterocycles. The average molecular weight is 661 g/mol. The molecule has 3 heteroatoms. The van der Waals surface area contributed by atoms with Gasteiger partial charge in [-0.05, 0) is 115 Å². The fourth-order valence-corrected chi connectivity index (χ4v) is 6.91. The summed E-state index contributed by atoms with van der Waals surface area (Å²) in [5, 5.41) is 3.64. The molecule has 7 aromatic rings. The Morgan fingerprint density at radius 2 is 1.04 bits per heavy atom. The summed E-state index contributed by atoms with van der Waals surface area (Å²) >= 11 is 0. The number of H-pyrrole nitrogens is 1. The van der Waals surface area contributed by atoms with E-state index in [1.165, 1.54) is 66.3 Å². The molecule has 3 nitrogen and oxygen atoms in total. The van der Waals surface area contributed by atoms with Crippen LogP contribution in [0.5, 0.6) is 0 Å². The second-order valence-electron chi connectivity index (χ2n) is 18.5. The van der Waals surface area contributed by atoms with Crippen LogP contribution in [0.15, 0.2) is 95.7 Å². The topological polar surface area (TPSA) is 41.8 Å². The van der Waals surface area contributed by atoms with E-state index in [2.05, 4.69) is 161 Å². The Labute approximate surface area is 298 Å². The molecule has 256 valence electrons. The number of fused-ring (bicyclic) bond motifs is 4. The maximum absolute atomic E-state index is 5.61. The normalized spacial score (nSPS) is 13.2. The molecule has 0 saturated carbocycles. The molecule has 0 radical (unpaired) electrons. The molecule has 3 aromatic heterocycles. The minimum atomic E-state index is -0.0497. The molecule has 0 atom stereocenters. The highest BCUT2D eigenvalue weighted by Gasteiger charge is 2.24. The van der Waals surface area contributed by atoms with Gasteiger partial charge in [-0.25, -0.2) is 0 Å². The van der Waals surface area contributed by atoms with Crippen LogP contribution in [0.4, 0.5) is 0 Å². The first-order valence-corrected chi connectivity index (χ1v) is 18.0. The third-order valence-electron chi connectivity index (χ3n) is 10.3. The van der Waals surface area contributed by atoms with Gasteiger partial charge in [0, 0.05) is 32.8 Å². The van der Waals surface area contributed by atoms with Gasteiger partial charge < -0.3 is 9.40 Å². The number of nitrogens with zero attached hydrogens (tertiary/aromatic N) is 1. The highest BCUT2D eigenvalue weighted by atomic mass is 16.3. The smallest absolute Gasteiger partial charge is 0.152 e. The van der Waals surface area contributed by atoms with E-state index in [1.807, 2.05) is 12.3 Å². The average Bonchev–Trinajstić information content (AvgIpc) is 3.66. The van der Waals surface area contributed by atoms with Crippen molar-refractivity contribution in [3.05, 3.63) is 114 Å². The molecule has 0 aliphatic rings. The number of furan rings is 1. The third-order valence-corrected chi connectivity index (χ3v) is 10.3. The van der Waals surface area contributed by atoms with E-state index in [-0.39, 0.29) is 21.7 Å². The monoisotopic (exact) mass is 660 g/mol. The van der Waals surface area contributed by atoms with Crippen molar-refractivity contribution in [3.8, 4) is 33.5 Å². The number of rotatable bonds is 3. The molecule has 0 fully saturated rings. The summed E-state index contributed by atoms with van der Waals surface area (Å²) < 4.78 is 5.61. The zero-order chi connectivity index (χ0) is 36.0. The Balaban J connectivity index is 1.51. The van der Waals surface area contributed by atoms with Crippen molar-refractivity contribution in [2.75, 3.05) is 0 Å². The summed E-state index contributed by atoms with van der Waals surface area (Å²) in [5.41, 5.74) is 15.4. The van der Waals surface area contributed by atoms with E-state index in [4.69, 9.17) is 9.40 Å². The molecule has 0 unspecified atom stereocenters. The Bertz CT molecular complexity index is 2410. The number of hydrogen-bond donors (Lipinski definition) is 1.